The molecule has 1 aliphatic carbocycles. The minimum Gasteiger partial charge on any atom is -0.376 e. The van der Waals surface area contributed by atoms with Gasteiger partial charge in [0, 0.05) is 17.8 Å². The molecule has 21 heavy (non-hydrogen) atoms. The molecular formula is C14H16N4O3. The summed E-state index contributed by atoms with van der Waals surface area (Å²) in [4.78, 5) is 22.1. The van der Waals surface area contributed by atoms with Crippen LogP contribution in [0.25, 0.3) is 0 Å². The standard InChI is InChI=1S/C14H16N4O3/c1-14(9-15,10-5-6-10)17-13(19)8-16-11-3-2-4-12(7-11)18(20)21/h2-4,7,10,16H,5-6,8H2,1H3,(H,17,19). The van der Waals surface area contributed by atoms with E-state index in [2.05, 4.69) is 16.7 Å². The van der Waals surface area contributed by atoms with Crippen molar-refractivity contribution in [3.63, 3.8) is 0 Å². The van der Waals surface area contributed by atoms with Crippen molar-refractivity contribution in [2.45, 2.75) is 25.3 Å². The number of non-ortho nitro benzene ring substituents is 1. The maximum absolute atomic E-state index is 11.9. The smallest absolute Gasteiger partial charge is 0.271 e. The predicted molar refractivity (Wildman–Crippen MR) is 76.5 cm³/mol. The van der Waals surface area contributed by atoms with Crippen molar-refractivity contribution in [3.8, 4) is 6.07 Å². The number of nitriles is 1. The Hall–Kier alpha value is -2.62. The molecular weight excluding hydrogens is 272 g/mol. The molecule has 0 bridgehead atoms. The molecule has 7 nitrogen and oxygen atoms in total. The molecule has 110 valence electrons. The van der Waals surface area contributed by atoms with Crippen molar-refractivity contribution in [2.24, 2.45) is 5.92 Å². The molecule has 0 spiro atoms. The molecule has 1 aromatic carbocycles. The Kier molecular flexibility index (Phi) is 4.08. The molecule has 7 heteroatoms. The molecule has 1 atom stereocenters. The zero-order valence-corrected chi connectivity index (χ0v) is 11.6. The summed E-state index contributed by atoms with van der Waals surface area (Å²) in [6.45, 7) is 1.68. The van der Waals surface area contributed by atoms with E-state index >= 15 is 0 Å². The number of anilines is 1. The van der Waals surface area contributed by atoms with Gasteiger partial charge in [-0.25, -0.2) is 0 Å². The van der Waals surface area contributed by atoms with Gasteiger partial charge in [0.15, 0.2) is 0 Å². The number of carbonyl (C=O) groups excluding carboxylic acids is 1. The van der Waals surface area contributed by atoms with Crippen LogP contribution in [0.1, 0.15) is 19.8 Å². The number of nitrogens with one attached hydrogen (secondary N) is 2. The number of carbonyl (C=O) groups is 1. The van der Waals surface area contributed by atoms with Crippen LogP contribution in [-0.4, -0.2) is 22.9 Å². The fraction of sp³-hybridized carbons (Fsp3) is 0.429. The van der Waals surface area contributed by atoms with Gasteiger partial charge in [-0.1, -0.05) is 6.07 Å². The van der Waals surface area contributed by atoms with E-state index in [0.717, 1.165) is 12.8 Å². The fourth-order valence-corrected chi connectivity index (χ4v) is 2.13. The minimum absolute atomic E-state index is 0.0365. The first-order valence-electron chi connectivity index (χ1n) is 6.65. The van der Waals surface area contributed by atoms with Crippen molar-refractivity contribution >= 4 is 17.3 Å². The average Bonchev–Trinajstić information content (AvgIpc) is 3.30. The molecule has 1 amide bonds. The van der Waals surface area contributed by atoms with Gasteiger partial charge in [0.25, 0.3) is 5.69 Å². The van der Waals surface area contributed by atoms with Crippen molar-refractivity contribution in [2.75, 3.05) is 11.9 Å². The van der Waals surface area contributed by atoms with E-state index in [-0.39, 0.29) is 24.1 Å². The Morgan fingerprint density at radius 1 is 1.57 bits per heavy atom. The fourth-order valence-electron chi connectivity index (χ4n) is 2.13. The number of rotatable bonds is 6. The van der Waals surface area contributed by atoms with Crippen molar-refractivity contribution in [3.05, 3.63) is 34.4 Å². The van der Waals surface area contributed by atoms with Crippen LogP contribution in [0.2, 0.25) is 0 Å². The number of nitrogens with zero attached hydrogens (tertiary/aromatic N) is 2. The lowest BCUT2D eigenvalue weighted by atomic mass is 9.98. The molecule has 2 N–H and O–H groups in total. The van der Waals surface area contributed by atoms with Gasteiger partial charge in [-0.15, -0.1) is 0 Å². The molecule has 1 saturated carbocycles. The maximum Gasteiger partial charge on any atom is 0.271 e. The number of amides is 1. The summed E-state index contributed by atoms with van der Waals surface area (Å²) in [7, 11) is 0. The molecule has 0 saturated heterocycles. The second-order valence-corrected chi connectivity index (χ2v) is 5.30. The predicted octanol–water partition coefficient (Wildman–Crippen LogP) is 1.82. The number of hydrogen-bond donors (Lipinski definition) is 2. The monoisotopic (exact) mass is 288 g/mol. The molecule has 1 unspecified atom stereocenters. The summed E-state index contributed by atoms with van der Waals surface area (Å²) in [5, 5.41) is 25.4. The molecule has 1 aromatic rings. The van der Waals surface area contributed by atoms with Crippen LogP contribution in [0, 0.1) is 27.4 Å². The zero-order chi connectivity index (χ0) is 15.5. The van der Waals surface area contributed by atoms with E-state index in [1.165, 1.54) is 12.1 Å². The SMILES string of the molecule is CC(C#N)(NC(=O)CNc1cccc([N+](=O)[O-])c1)C1CC1. The van der Waals surface area contributed by atoms with Crippen LogP contribution in [-0.2, 0) is 4.79 Å². The van der Waals surface area contributed by atoms with Crippen LogP contribution < -0.4 is 10.6 Å². The van der Waals surface area contributed by atoms with Crippen LogP contribution in [0.3, 0.4) is 0 Å². The van der Waals surface area contributed by atoms with Gasteiger partial charge in [0.2, 0.25) is 5.91 Å². The lowest BCUT2D eigenvalue weighted by molar-refractivity contribution is -0.384. The minimum atomic E-state index is -0.832. The van der Waals surface area contributed by atoms with Gasteiger partial charge >= 0.3 is 0 Å². The lowest BCUT2D eigenvalue weighted by Gasteiger charge is -2.23. The second kappa shape index (κ2) is 5.79. The van der Waals surface area contributed by atoms with E-state index in [1.54, 1.807) is 19.1 Å². The average molecular weight is 288 g/mol. The Morgan fingerprint density at radius 3 is 2.86 bits per heavy atom. The molecule has 0 aliphatic heterocycles. The highest BCUT2D eigenvalue weighted by molar-refractivity contribution is 5.82. The van der Waals surface area contributed by atoms with E-state index in [0.29, 0.717) is 5.69 Å². The third kappa shape index (κ3) is 3.69. The molecule has 0 aromatic heterocycles. The molecule has 0 radical (unpaired) electrons. The lowest BCUT2D eigenvalue weighted by Crippen LogP contribution is -2.48. The number of nitro benzene ring substituents is 1. The largest absolute Gasteiger partial charge is 0.376 e. The first-order chi connectivity index (χ1) is 9.94. The van der Waals surface area contributed by atoms with Crippen LogP contribution in [0.15, 0.2) is 24.3 Å². The van der Waals surface area contributed by atoms with E-state index < -0.39 is 10.5 Å². The van der Waals surface area contributed by atoms with Gasteiger partial charge in [-0.05, 0) is 31.7 Å². The van der Waals surface area contributed by atoms with Crippen molar-refractivity contribution in [1.29, 1.82) is 5.26 Å². The van der Waals surface area contributed by atoms with Crippen LogP contribution in [0.5, 0.6) is 0 Å². The first-order valence-corrected chi connectivity index (χ1v) is 6.65. The summed E-state index contributed by atoms with van der Waals surface area (Å²) in [6.07, 6.45) is 1.89. The van der Waals surface area contributed by atoms with Crippen LogP contribution >= 0.6 is 0 Å². The second-order valence-electron chi connectivity index (χ2n) is 5.30. The number of nitro groups is 1. The highest BCUT2D eigenvalue weighted by Crippen LogP contribution is 2.39. The summed E-state index contributed by atoms with van der Waals surface area (Å²) in [5.41, 5.74) is -0.383. The van der Waals surface area contributed by atoms with Gasteiger partial charge in [-0.2, -0.15) is 5.26 Å². The topological polar surface area (TPSA) is 108 Å². The zero-order valence-electron chi connectivity index (χ0n) is 11.6. The third-order valence-corrected chi connectivity index (χ3v) is 3.54. The maximum atomic E-state index is 11.9. The Labute approximate surface area is 122 Å². The molecule has 1 aliphatic rings. The van der Waals surface area contributed by atoms with Crippen molar-refractivity contribution in [1.82, 2.24) is 5.32 Å². The Balaban J connectivity index is 1.91. The van der Waals surface area contributed by atoms with Crippen molar-refractivity contribution < 1.29 is 9.72 Å². The quantitative estimate of drug-likeness (QED) is 0.613. The third-order valence-electron chi connectivity index (χ3n) is 3.54. The van der Waals surface area contributed by atoms with Gasteiger partial charge in [0.05, 0.1) is 17.5 Å². The number of hydrogen-bond acceptors (Lipinski definition) is 5. The Bertz CT molecular complexity index is 606. The van der Waals surface area contributed by atoms with E-state index in [1.807, 2.05) is 0 Å². The van der Waals surface area contributed by atoms with Crippen LogP contribution in [0.4, 0.5) is 11.4 Å². The van der Waals surface area contributed by atoms with Gasteiger partial charge < -0.3 is 10.6 Å². The summed E-state index contributed by atoms with van der Waals surface area (Å²) >= 11 is 0. The number of benzene rings is 1. The summed E-state index contributed by atoms with van der Waals surface area (Å²) in [6, 6.07) is 8.07. The first kappa shape index (κ1) is 14.8. The highest BCUT2D eigenvalue weighted by Gasteiger charge is 2.42. The highest BCUT2D eigenvalue weighted by atomic mass is 16.6. The van der Waals surface area contributed by atoms with Gasteiger partial charge in [-0.3, -0.25) is 14.9 Å². The van der Waals surface area contributed by atoms with E-state index in [4.69, 9.17) is 5.26 Å². The normalized spacial score (nSPS) is 16.4. The summed E-state index contributed by atoms with van der Waals surface area (Å²) in [5.74, 6) is -0.0956. The van der Waals surface area contributed by atoms with E-state index in [9.17, 15) is 14.9 Å². The van der Waals surface area contributed by atoms with Gasteiger partial charge in [0.1, 0.15) is 5.54 Å². The molecule has 0 heterocycles. The molecule has 1 fully saturated rings. The Morgan fingerprint density at radius 2 is 2.29 bits per heavy atom. The summed E-state index contributed by atoms with van der Waals surface area (Å²) < 4.78 is 0. The molecule has 2 rings (SSSR count).